The molecular weight excluding hydrogens is 727 g/mol. The largest absolute Gasteiger partial charge is 0.379 e. The van der Waals surface area contributed by atoms with Gasteiger partial charge in [0, 0.05) is 25.7 Å². The minimum Gasteiger partial charge on any atom is -0.379 e. The molecule has 0 bridgehead atoms. The Hall–Kier alpha value is -3.19. The standard InChI is InChI=1S/C44H71N5O6S/c1-12-29(7)39(48-44(53)38(28(5)6)47-43(52)37(45-9)27(3)4)35(54-10)26-36(50)49-23-17-22-34(49)40(55-11)30(8)42(51)46-33(25-31-19-15-14-16-20-31)41-32(13-2)21-18-24-56-41/h14-16,18-20,24,27-30,33-35,37-40,45H,12-13,17,21-23,25-26H2,1-11H3,(H,46,51)(H,47,52)(H,48,53). The van der Waals surface area contributed by atoms with E-state index < -0.39 is 36.3 Å². The zero-order valence-corrected chi connectivity index (χ0v) is 36.7. The lowest BCUT2D eigenvalue weighted by Gasteiger charge is -2.37. The highest BCUT2D eigenvalue weighted by atomic mass is 32.2. The summed E-state index contributed by atoms with van der Waals surface area (Å²) >= 11 is 1.69. The van der Waals surface area contributed by atoms with Gasteiger partial charge in [-0.3, -0.25) is 19.2 Å². The molecule has 0 saturated carbocycles. The molecule has 1 aromatic carbocycles. The molecule has 1 fully saturated rings. The third-order valence-corrected chi connectivity index (χ3v) is 12.8. The van der Waals surface area contributed by atoms with Gasteiger partial charge in [0.15, 0.2) is 0 Å². The molecule has 0 aliphatic carbocycles. The van der Waals surface area contributed by atoms with Crippen LogP contribution in [0.5, 0.6) is 0 Å². The second-order valence-electron chi connectivity index (χ2n) is 16.2. The third kappa shape index (κ3) is 12.7. The van der Waals surface area contributed by atoms with Crippen LogP contribution in [-0.4, -0.2) is 98.8 Å². The topological polar surface area (TPSA) is 138 Å². The van der Waals surface area contributed by atoms with Gasteiger partial charge in [0.1, 0.15) is 6.04 Å². The van der Waals surface area contributed by atoms with E-state index in [9.17, 15) is 19.2 Å². The number of amides is 4. The molecule has 2 aliphatic rings. The number of likely N-dealkylation sites (N-methyl/N-ethyl adjacent to an activating group) is 1. The molecule has 4 amide bonds. The van der Waals surface area contributed by atoms with Crippen molar-refractivity contribution < 1.29 is 28.7 Å². The first-order chi connectivity index (χ1) is 26.7. The van der Waals surface area contributed by atoms with Crippen molar-refractivity contribution in [2.45, 2.75) is 143 Å². The highest BCUT2D eigenvalue weighted by Gasteiger charge is 2.42. The normalized spacial score (nSPS) is 20.2. The van der Waals surface area contributed by atoms with Crippen molar-refractivity contribution in [3.8, 4) is 0 Å². The molecule has 1 aromatic rings. The van der Waals surface area contributed by atoms with Crippen LogP contribution >= 0.6 is 11.8 Å². The number of nitrogens with one attached hydrogen (secondary N) is 4. The quantitative estimate of drug-likeness (QED) is 0.112. The van der Waals surface area contributed by atoms with Gasteiger partial charge in [-0.2, -0.15) is 0 Å². The maximum Gasteiger partial charge on any atom is 0.243 e. The van der Waals surface area contributed by atoms with E-state index in [1.54, 1.807) is 33.0 Å². The molecule has 1 saturated heterocycles. The molecule has 4 N–H and O–H groups in total. The lowest BCUT2D eigenvalue weighted by Crippen LogP contribution is -2.59. The highest BCUT2D eigenvalue weighted by Crippen LogP contribution is 2.35. The Balaban J connectivity index is 1.78. The van der Waals surface area contributed by atoms with Gasteiger partial charge in [-0.1, -0.05) is 104 Å². The van der Waals surface area contributed by atoms with Crippen LogP contribution in [0.2, 0.25) is 0 Å². The number of carbonyl (C=O) groups excluding carboxylic acids is 4. The average Bonchev–Trinajstić information content (AvgIpc) is 3.67. The number of benzene rings is 1. The summed E-state index contributed by atoms with van der Waals surface area (Å²) < 4.78 is 12.1. The molecular formula is C44H71N5O6S. The van der Waals surface area contributed by atoms with Crippen LogP contribution in [0, 0.1) is 23.7 Å². The smallest absolute Gasteiger partial charge is 0.243 e. The second-order valence-corrected chi connectivity index (χ2v) is 17.1. The summed E-state index contributed by atoms with van der Waals surface area (Å²) in [4.78, 5) is 58.5. The Morgan fingerprint density at radius 3 is 2.11 bits per heavy atom. The lowest BCUT2D eigenvalue weighted by atomic mass is 9.90. The number of hydrogen-bond acceptors (Lipinski definition) is 8. The molecule has 9 unspecified atom stereocenters. The number of carbonyl (C=O) groups is 4. The molecule has 9 atom stereocenters. The number of rotatable bonds is 22. The van der Waals surface area contributed by atoms with E-state index in [0.717, 1.165) is 31.2 Å². The van der Waals surface area contributed by atoms with Crippen molar-refractivity contribution in [1.82, 2.24) is 26.2 Å². The van der Waals surface area contributed by atoms with E-state index in [2.05, 4.69) is 51.8 Å². The Kier molecular flexibility index (Phi) is 19.6. The molecule has 12 heteroatoms. The summed E-state index contributed by atoms with van der Waals surface area (Å²) in [5.74, 6) is -1.43. The number of ether oxygens (including phenoxy) is 2. The highest BCUT2D eigenvalue weighted by molar-refractivity contribution is 8.05. The molecule has 11 nitrogen and oxygen atoms in total. The van der Waals surface area contributed by atoms with Crippen LogP contribution in [0.1, 0.15) is 99.5 Å². The third-order valence-electron chi connectivity index (χ3n) is 11.7. The van der Waals surface area contributed by atoms with Crippen molar-refractivity contribution in [2.24, 2.45) is 23.7 Å². The molecule has 3 rings (SSSR count). The maximum absolute atomic E-state index is 14.3. The van der Waals surface area contributed by atoms with Gasteiger partial charge in [-0.15, -0.1) is 11.8 Å². The molecule has 2 aliphatic heterocycles. The van der Waals surface area contributed by atoms with Gasteiger partial charge < -0.3 is 35.6 Å². The average molecular weight is 798 g/mol. The summed E-state index contributed by atoms with van der Waals surface area (Å²) in [7, 11) is 4.92. The van der Waals surface area contributed by atoms with E-state index in [1.165, 1.54) is 10.5 Å². The van der Waals surface area contributed by atoms with E-state index in [1.807, 2.05) is 71.6 Å². The van der Waals surface area contributed by atoms with E-state index in [0.29, 0.717) is 19.4 Å². The van der Waals surface area contributed by atoms with Crippen molar-refractivity contribution in [1.29, 1.82) is 0 Å². The van der Waals surface area contributed by atoms with Crippen LogP contribution in [0.25, 0.3) is 0 Å². The number of likely N-dealkylation sites (tertiary alicyclic amines) is 1. The fourth-order valence-corrected chi connectivity index (χ4v) is 9.13. The first-order valence-corrected chi connectivity index (χ1v) is 21.6. The molecule has 0 spiro atoms. The summed E-state index contributed by atoms with van der Waals surface area (Å²) in [5.41, 5.74) is 2.48. The van der Waals surface area contributed by atoms with Gasteiger partial charge in [-0.05, 0) is 67.9 Å². The molecule has 0 radical (unpaired) electrons. The number of nitrogens with zero attached hydrogens (tertiary/aromatic N) is 1. The van der Waals surface area contributed by atoms with Crippen molar-refractivity contribution in [3.05, 3.63) is 57.9 Å². The van der Waals surface area contributed by atoms with Crippen LogP contribution in [0.15, 0.2) is 52.3 Å². The van der Waals surface area contributed by atoms with Crippen LogP contribution < -0.4 is 21.3 Å². The van der Waals surface area contributed by atoms with Gasteiger partial charge in [0.2, 0.25) is 23.6 Å². The van der Waals surface area contributed by atoms with Gasteiger partial charge in [-0.25, -0.2) is 0 Å². The molecule has 2 heterocycles. The Morgan fingerprint density at radius 2 is 1.54 bits per heavy atom. The Labute approximate surface area is 341 Å². The summed E-state index contributed by atoms with van der Waals surface area (Å²) in [6.07, 6.45) is 5.80. The predicted molar refractivity (Wildman–Crippen MR) is 227 cm³/mol. The molecule has 0 aromatic heterocycles. The maximum atomic E-state index is 14.3. The van der Waals surface area contributed by atoms with Crippen molar-refractivity contribution in [2.75, 3.05) is 27.8 Å². The number of methoxy groups -OCH3 is 2. The van der Waals surface area contributed by atoms with Crippen LogP contribution in [0.4, 0.5) is 0 Å². The van der Waals surface area contributed by atoms with Crippen molar-refractivity contribution >= 4 is 35.4 Å². The lowest BCUT2D eigenvalue weighted by molar-refractivity contribution is -0.143. The fourth-order valence-electron chi connectivity index (χ4n) is 8.09. The fraction of sp³-hybridized carbons (Fsp3) is 0.682. The van der Waals surface area contributed by atoms with Crippen molar-refractivity contribution in [3.63, 3.8) is 0 Å². The predicted octanol–water partition coefficient (Wildman–Crippen LogP) is 5.99. The number of thioether (sulfide) groups is 1. The summed E-state index contributed by atoms with van der Waals surface area (Å²) in [5, 5.41) is 14.7. The summed E-state index contributed by atoms with van der Waals surface area (Å²) in [6.45, 7) is 16.4. The van der Waals surface area contributed by atoms with Crippen LogP contribution in [0.3, 0.4) is 0 Å². The first kappa shape index (κ1) is 47.2. The molecule has 314 valence electrons. The number of allylic oxidation sites excluding steroid dienone is 2. The summed E-state index contributed by atoms with van der Waals surface area (Å²) in [6, 6.07) is 8.07. The Morgan fingerprint density at radius 1 is 0.875 bits per heavy atom. The minimum absolute atomic E-state index is 0.0178. The molecule has 56 heavy (non-hydrogen) atoms. The second kappa shape index (κ2) is 23.3. The monoisotopic (exact) mass is 798 g/mol. The first-order valence-electron chi connectivity index (χ1n) is 20.7. The van der Waals surface area contributed by atoms with Gasteiger partial charge in [0.25, 0.3) is 0 Å². The zero-order chi connectivity index (χ0) is 41.5. The Bertz CT molecular complexity index is 1490. The van der Waals surface area contributed by atoms with E-state index >= 15 is 0 Å². The zero-order valence-electron chi connectivity index (χ0n) is 35.9. The SMILES string of the molecule is CCC1=C(C(Cc2ccccc2)NC(=O)C(C)C(OC)C2CCCN2C(=O)CC(OC)C(NC(=O)C(NC(=O)C(NC)C(C)C)C(C)C)C(C)CC)SC=CC1. The van der Waals surface area contributed by atoms with E-state index in [4.69, 9.17) is 9.47 Å². The number of hydrogen-bond donors (Lipinski definition) is 4. The van der Waals surface area contributed by atoms with Gasteiger partial charge in [0.05, 0.1) is 48.7 Å². The minimum atomic E-state index is -0.764. The van der Waals surface area contributed by atoms with E-state index in [-0.39, 0.29) is 59.9 Å². The van der Waals surface area contributed by atoms with Crippen LogP contribution in [-0.2, 0) is 35.1 Å². The van der Waals surface area contributed by atoms with Gasteiger partial charge >= 0.3 is 0 Å².